The van der Waals surface area contributed by atoms with Gasteiger partial charge in [-0.05, 0) is 43.1 Å². The van der Waals surface area contributed by atoms with Gasteiger partial charge in [0.2, 0.25) is 5.91 Å². The minimum atomic E-state index is 0.267. The summed E-state index contributed by atoms with van der Waals surface area (Å²) < 4.78 is 0. The number of aliphatic imine (C=N–C) groups is 1. The predicted molar refractivity (Wildman–Crippen MR) is 136 cm³/mol. The summed E-state index contributed by atoms with van der Waals surface area (Å²) in [5.74, 6) is 1.10. The second-order valence-electron chi connectivity index (χ2n) is 8.46. The largest absolute Gasteiger partial charge is 0.357 e. The van der Waals surface area contributed by atoms with Crippen LogP contribution in [-0.2, 0) is 17.9 Å². The molecule has 0 spiro atoms. The first-order valence-corrected chi connectivity index (χ1v) is 12.3. The molecule has 1 aliphatic heterocycles. The Balaban J connectivity index is 1.61. The van der Waals surface area contributed by atoms with Crippen molar-refractivity contribution in [2.24, 2.45) is 4.99 Å². The lowest BCUT2D eigenvalue weighted by atomic mass is 10.1. The van der Waals surface area contributed by atoms with Gasteiger partial charge in [0.1, 0.15) is 0 Å². The normalized spacial score (nSPS) is 15.2. The van der Waals surface area contributed by atoms with E-state index in [4.69, 9.17) is 4.99 Å². The lowest BCUT2D eigenvalue weighted by Gasteiger charge is -2.30. The van der Waals surface area contributed by atoms with Gasteiger partial charge < -0.3 is 15.5 Å². The maximum Gasteiger partial charge on any atom is 0.222 e. The summed E-state index contributed by atoms with van der Waals surface area (Å²) in [6, 6.07) is 19.4. The molecule has 1 heterocycles. The van der Waals surface area contributed by atoms with Crippen molar-refractivity contribution in [1.29, 1.82) is 0 Å². The fourth-order valence-corrected chi connectivity index (χ4v) is 4.34. The Labute approximate surface area is 199 Å². The van der Waals surface area contributed by atoms with Crippen LogP contribution in [0.3, 0.4) is 0 Å². The summed E-state index contributed by atoms with van der Waals surface area (Å²) >= 11 is 0. The highest BCUT2D eigenvalue weighted by atomic mass is 16.2. The van der Waals surface area contributed by atoms with Crippen molar-refractivity contribution in [1.82, 2.24) is 20.4 Å². The van der Waals surface area contributed by atoms with E-state index >= 15 is 0 Å². The average molecular weight is 450 g/mol. The maximum atomic E-state index is 11.9. The van der Waals surface area contributed by atoms with Gasteiger partial charge in [0.05, 0.1) is 12.6 Å². The molecule has 0 bridgehead atoms. The third-order valence-corrected chi connectivity index (χ3v) is 6.23. The first kappa shape index (κ1) is 24.8. The van der Waals surface area contributed by atoms with Crippen LogP contribution in [0.2, 0.25) is 0 Å². The molecular formula is C27H39N5O. The summed E-state index contributed by atoms with van der Waals surface area (Å²) in [6.07, 6.45) is 1.66. The molecule has 1 unspecified atom stereocenters. The number of benzene rings is 2. The van der Waals surface area contributed by atoms with Crippen molar-refractivity contribution in [3.05, 3.63) is 71.3 Å². The lowest BCUT2D eigenvalue weighted by molar-refractivity contribution is -0.128. The molecule has 6 nitrogen and oxygen atoms in total. The van der Waals surface area contributed by atoms with Crippen LogP contribution < -0.4 is 10.6 Å². The molecule has 6 heteroatoms. The topological polar surface area (TPSA) is 60.0 Å². The Morgan fingerprint density at radius 2 is 1.70 bits per heavy atom. The van der Waals surface area contributed by atoms with E-state index in [1.54, 1.807) is 0 Å². The number of likely N-dealkylation sites (N-methyl/N-ethyl adjacent to an activating group) is 1. The summed E-state index contributed by atoms with van der Waals surface area (Å²) in [6.45, 7) is 12.3. The van der Waals surface area contributed by atoms with Gasteiger partial charge in [-0.3, -0.25) is 9.69 Å². The molecule has 0 aromatic heterocycles. The number of carbonyl (C=O) groups excluding carboxylic acids is 1. The van der Waals surface area contributed by atoms with Gasteiger partial charge in [0, 0.05) is 32.6 Å². The number of nitrogens with zero attached hydrogens (tertiary/aromatic N) is 3. The fourth-order valence-electron chi connectivity index (χ4n) is 4.34. The monoisotopic (exact) mass is 449 g/mol. The molecule has 1 amide bonds. The van der Waals surface area contributed by atoms with Gasteiger partial charge in [-0.15, -0.1) is 0 Å². The van der Waals surface area contributed by atoms with Crippen molar-refractivity contribution in [2.75, 3.05) is 32.7 Å². The fraction of sp³-hybridized carbons (Fsp3) is 0.481. The standard InChI is InChI=1S/C27H39N5O/c1-4-28-27(30-20-25(31(5-2)6-3)24-11-8-7-9-12-24)29-19-22-14-16-23(17-15-22)21-32-18-10-13-26(32)33/h7-9,11-12,14-17,25H,4-6,10,13,18-21H2,1-3H3,(H2,28,29,30). The van der Waals surface area contributed by atoms with E-state index in [-0.39, 0.29) is 11.9 Å². The Morgan fingerprint density at radius 1 is 1.00 bits per heavy atom. The van der Waals surface area contributed by atoms with E-state index in [0.29, 0.717) is 19.5 Å². The van der Waals surface area contributed by atoms with Crippen LogP contribution >= 0.6 is 0 Å². The number of rotatable bonds is 11. The first-order valence-electron chi connectivity index (χ1n) is 12.3. The number of guanidine groups is 1. The number of hydrogen-bond acceptors (Lipinski definition) is 3. The average Bonchev–Trinajstić information content (AvgIpc) is 3.25. The summed E-state index contributed by atoms with van der Waals surface area (Å²) in [7, 11) is 0. The SMILES string of the molecule is CCNC(=NCc1ccc(CN2CCCC2=O)cc1)NCC(c1ccccc1)N(CC)CC. The molecule has 2 N–H and O–H groups in total. The smallest absolute Gasteiger partial charge is 0.222 e. The van der Waals surface area contributed by atoms with Gasteiger partial charge in [-0.25, -0.2) is 4.99 Å². The van der Waals surface area contributed by atoms with E-state index in [9.17, 15) is 4.79 Å². The van der Waals surface area contributed by atoms with E-state index in [1.807, 2.05) is 4.90 Å². The molecule has 1 saturated heterocycles. The molecule has 1 atom stereocenters. The van der Waals surface area contributed by atoms with Crippen LogP contribution in [0, 0.1) is 0 Å². The van der Waals surface area contributed by atoms with Crippen LogP contribution in [0.5, 0.6) is 0 Å². The minimum absolute atomic E-state index is 0.267. The van der Waals surface area contributed by atoms with Gasteiger partial charge in [-0.2, -0.15) is 0 Å². The molecule has 33 heavy (non-hydrogen) atoms. The van der Waals surface area contributed by atoms with E-state index < -0.39 is 0 Å². The van der Waals surface area contributed by atoms with Crippen molar-refractivity contribution in [3.63, 3.8) is 0 Å². The van der Waals surface area contributed by atoms with E-state index in [2.05, 4.69) is 90.9 Å². The molecule has 2 aromatic carbocycles. The summed E-state index contributed by atoms with van der Waals surface area (Å²) in [5.41, 5.74) is 3.65. The first-order chi connectivity index (χ1) is 16.1. The summed E-state index contributed by atoms with van der Waals surface area (Å²) in [5, 5.41) is 6.93. The van der Waals surface area contributed by atoms with Crippen molar-refractivity contribution in [2.45, 2.75) is 52.7 Å². The maximum absolute atomic E-state index is 11.9. The molecule has 3 rings (SSSR count). The van der Waals surface area contributed by atoms with Gasteiger partial charge in [0.15, 0.2) is 5.96 Å². The number of hydrogen-bond donors (Lipinski definition) is 2. The molecular weight excluding hydrogens is 410 g/mol. The molecule has 0 saturated carbocycles. The predicted octanol–water partition coefficient (Wildman–Crippen LogP) is 3.95. The van der Waals surface area contributed by atoms with Gasteiger partial charge in [-0.1, -0.05) is 68.4 Å². The third kappa shape index (κ3) is 7.32. The number of amides is 1. The van der Waals surface area contributed by atoms with Gasteiger partial charge >= 0.3 is 0 Å². The van der Waals surface area contributed by atoms with E-state index in [1.165, 1.54) is 11.1 Å². The van der Waals surface area contributed by atoms with E-state index in [0.717, 1.165) is 50.7 Å². The Kier molecular flexibility index (Phi) is 9.76. The molecule has 1 fully saturated rings. The van der Waals surface area contributed by atoms with Crippen molar-refractivity contribution >= 4 is 11.9 Å². The highest BCUT2D eigenvalue weighted by Gasteiger charge is 2.20. The number of carbonyl (C=O) groups is 1. The van der Waals surface area contributed by atoms with Crippen LogP contribution in [0.15, 0.2) is 59.6 Å². The Bertz CT molecular complexity index is 877. The zero-order valence-electron chi connectivity index (χ0n) is 20.4. The van der Waals surface area contributed by atoms with Crippen LogP contribution in [-0.4, -0.2) is 54.4 Å². The highest BCUT2D eigenvalue weighted by Crippen LogP contribution is 2.19. The third-order valence-electron chi connectivity index (χ3n) is 6.23. The summed E-state index contributed by atoms with van der Waals surface area (Å²) in [4.78, 5) is 21.1. The number of nitrogens with one attached hydrogen (secondary N) is 2. The second kappa shape index (κ2) is 13.0. The Hall–Kier alpha value is -2.86. The molecule has 0 aliphatic carbocycles. The zero-order chi connectivity index (χ0) is 23.5. The minimum Gasteiger partial charge on any atom is -0.357 e. The van der Waals surface area contributed by atoms with Crippen LogP contribution in [0.1, 0.15) is 56.3 Å². The molecule has 2 aromatic rings. The Morgan fingerprint density at radius 3 is 2.30 bits per heavy atom. The second-order valence-corrected chi connectivity index (χ2v) is 8.46. The molecule has 1 aliphatic rings. The quantitative estimate of drug-likeness (QED) is 0.403. The van der Waals surface area contributed by atoms with Crippen molar-refractivity contribution < 1.29 is 4.79 Å². The molecule has 0 radical (unpaired) electrons. The van der Waals surface area contributed by atoms with Crippen LogP contribution in [0.25, 0.3) is 0 Å². The van der Waals surface area contributed by atoms with Crippen molar-refractivity contribution in [3.8, 4) is 0 Å². The van der Waals surface area contributed by atoms with Crippen LogP contribution in [0.4, 0.5) is 0 Å². The number of likely N-dealkylation sites (tertiary alicyclic amines) is 1. The molecule has 178 valence electrons. The zero-order valence-corrected chi connectivity index (χ0v) is 20.4. The highest BCUT2D eigenvalue weighted by molar-refractivity contribution is 5.79. The van der Waals surface area contributed by atoms with Gasteiger partial charge in [0.25, 0.3) is 0 Å². The lowest BCUT2D eigenvalue weighted by Crippen LogP contribution is -2.43.